The molecule has 1 saturated carbocycles. The first-order chi connectivity index (χ1) is 9.46. The summed E-state index contributed by atoms with van der Waals surface area (Å²) in [4.78, 5) is 23.3. The summed E-state index contributed by atoms with van der Waals surface area (Å²) in [7, 11) is 1.50. The van der Waals surface area contributed by atoms with Crippen LogP contribution in [0.15, 0.2) is 22.7 Å². The maximum atomic E-state index is 12.4. The van der Waals surface area contributed by atoms with E-state index in [-0.39, 0.29) is 12.3 Å². The first kappa shape index (κ1) is 14.8. The van der Waals surface area contributed by atoms with Crippen molar-refractivity contribution in [3.63, 3.8) is 0 Å². The predicted molar refractivity (Wildman–Crippen MR) is 77.0 cm³/mol. The van der Waals surface area contributed by atoms with Gasteiger partial charge in [-0.25, -0.2) is 0 Å². The van der Waals surface area contributed by atoms with Crippen LogP contribution in [0, 0.1) is 0 Å². The topological polar surface area (TPSA) is 75.6 Å². The Bertz CT molecular complexity index is 540. The summed E-state index contributed by atoms with van der Waals surface area (Å²) >= 11 is 3.32. The van der Waals surface area contributed by atoms with Crippen molar-refractivity contribution >= 4 is 27.8 Å². The molecule has 0 radical (unpaired) electrons. The molecule has 1 aromatic carbocycles. The molecule has 0 unspecified atom stereocenters. The third kappa shape index (κ3) is 3.12. The van der Waals surface area contributed by atoms with Gasteiger partial charge in [-0.3, -0.25) is 9.59 Å². The minimum Gasteiger partial charge on any atom is -0.496 e. The smallest absolute Gasteiger partial charge is 0.305 e. The number of carbonyl (C=O) groups is 2. The molecule has 0 heterocycles. The second-order valence-electron chi connectivity index (χ2n) is 5.00. The summed E-state index contributed by atoms with van der Waals surface area (Å²) in [6.07, 6.45) is 2.28. The molecule has 20 heavy (non-hydrogen) atoms. The fraction of sp³-hybridized carbons (Fsp3) is 0.429. The number of rotatable bonds is 5. The molecule has 2 N–H and O–H groups in total. The summed E-state index contributed by atoms with van der Waals surface area (Å²) < 4.78 is 5.94. The van der Waals surface area contributed by atoms with Gasteiger partial charge < -0.3 is 15.2 Å². The molecule has 1 fully saturated rings. The van der Waals surface area contributed by atoms with Crippen LogP contribution in [0.25, 0.3) is 0 Å². The average molecular weight is 342 g/mol. The summed E-state index contributed by atoms with van der Waals surface area (Å²) in [5, 5.41) is 11.8. The zero-order chi connectivity index (χ0) is 14.8. The number of carboxylic acids is 1. The first-order valence-electron chi connectivity index (χ1n) is 6.34. The predicted octanol–water partition coefficient (Wildman–Crippen LogP) is 2.58. The fourth-order valence-corrected chi connectivity index (χ4v) is 2.77. The molecule has 0 aliphatic heterocycles. The Morgan fingerprint density at radius 1 is 1.45 bits per heavy atom. The van der Waals surface area contributed by atoms with E-state index >= 15 is 0 Å². The Hall–Kier alpha value is -1.56. The lowest BCUT2D eigenvalue weighted by atomic mass is 9.74. The minimum atomic E-state index is -0.897. The Morgan fingerprint density at radius 3 is 2.65 bits per heavy atom. The van der Waals surface area contributed by atoms with Crippen molar-refractivity contribution in [3.05, 3.63) is 28.2 Å². The number of ether oxygens (including phenoxy) is 1. The summed E-state index contributed by atoms with van der Waals surface area (Å²) in [5.41, 5.74) is -0.213. The number of carboxylic acid groups (broad SMARTS) is 1. The highest BCUT2D eigenvalue weighted by atomic mass is 79.9. The highest BCUT2D eigenvalue weighted by Gasteiger charge is 2.40. The lowest BCUT2D eigenvalue weighted by Crippen LogP contribution is -2.54. The molecule has 1 amide bonds. The molecule has 0 saturated heterocycles. The van der Waals surface area contributed by atoms with Crippen molar-refractivity contribution < 1.29 is 19.4 Å². The molecular weight excluding hydrogens is 326 g/mol. The van der Waals surface area contributed by atoms with E-state index < -0.39 is 11.5 Å². The quantitative estimate of drug-likeness (QED) is 0.862. The van der Waals surface area contributed by atoms with Gasteiger partial charge in [0.05, 0.1) is 24.6 Å². The number of hydrogen-bond acceptors (Lipinski definition) is 3. The van der Waals surface area contributed by atoms with Crippen LogP contribution in [0.4, 0.5) is 0 Å². The maximum absolute atomic E-state index is 12.4. The third-order valence-electron chi connectivity index (χ3n) is 3.59. The minimum absolute atomic E-state index is 0.0466. The van der Waals surface area contributed by atoms with Crippen molar-refractivity contribution in [1.82, 2.24) is 5.32 Å². The van der Waals surface area contributed by atoms with Crippen molar-refractivity contribution in [2.24, 2.45) is 0 Å². The molecule has 0 bridgehead atoms. The molecule has 2 rings (SSSR count). The van der Waals surface area contributed by atoms with E-state index in [1.807, 2.05) is 0 Å². The van der Waals surface area contributed by atoms with Gasteiger partial charge in [-0.2, -0.15) is 0 Å². The number of methoxy groups -OCH3 is 1. The fourth-order valence-electron chi connectivity index (χ4n) is 2.40. The van der Waals surface area contributed by atoms with Crippen LogP contribution in [0.1, 0.15) is 36.0 Å². The van der Waals surface area contributed by atoms with Crippen molar-refractivity contribution in [2.75, 3.05) is 7.11 Å². The van der Waals surface area contributed by atoms with Crippen molar-refractivity contribution in [3.8, 4) is 5.75 Å². The summed E-state index contributed by atoms with van der Waals surface area (Å²) in [6, 6.07) is 5.15. The number of halogens is 1. The SMILES string of the molecule is COc1ccc(Br)cc1C(=O)NC1(CC(=O)O)CCC1. The van der Waals surface area contributed by atoms with Crippen molar-refractivity contribution in [2.45, 2.75) is 31.2 Å². The van der Waals surface area contributed by atoms with Crippen LogP contribution >= 0.6 is 15.9 Å². The zero-order valence-electron chi connectivity index (χ0n) is 11.1. The zero-order valence-corrected chi connectivity index (χ0v) is 12.7. The highest BCUT2D eigenvalue weighted by Crippen LogP contribution is 2.35. The number of carbonyl (C=O) groups excluding carboxylic acids is 1. The molecule has 0 spiro atoms. The lowest BCUT2D eigenvalue weighted by molar-refractivity contribution is -0.139. The normalized spacial score (nSPS) is 16.1. The Labute approximate surface area is 125 Å². The molecule has 0 aromatic heterocycles. The van der Waals surface area contributed by atoms with E-state index in [9.17, 15) is 9.59 Å². The van der Waals surface area contributed by atoms with E-state index in [1.54, 1.807) is 18.2 Å². The van der Waals surface area contributed by atoms with Crippen LogP contribution in [0.3, 0.4) is 0 Å². The molecule has 6 heteroatoms. The number of nitrogens with one attached hydrogen (secondary N) is 1. The van der Waals surface area contributed by atoms with E-state index in [0.29, 0.717) is 24.2 Å². The van der Waals surface area contributed by atoms with Gasteiger partial charge in [0.15, 0.2) is 0 Å². The monoisotopic (exact) mass is 341 g/mol. The Kier molecular flexibility index (Phi) is 4.32. The maximum Gasteiger partial charge on any atom is 0.305 e. The molecule has 1 aliphatic carbocycles. The second kappa shape index (κ2) is 5.83. The number of hydrogen-bond donors (Lipinski definition) is 2. The average Bonchev–Trinajstić information content (AvgIpc) is 2.35. The molecular formula is C14H16BrNO4. The van der Waals surface area contributed by atoms with E-state index in [0.717, 1.165) is 10.9 Å². The first-order valence-corrected chi connectivity index (χ1v) is 7.13. The molecule has 5 nitrogen and oxygen atoms in total. The van der Waals surface area contributed by atoms with Crippen LogP contribution in [0.5, 0.6) is 5.75 Å². The van der Waals surface area contributed by atoms with Crippen molar-refractivity contribution in [1.29, 1.82) is 0 Å². The summed E-state index contributed by atoms with van der Waals surface area (Å²) in [5.74, 6) is -0.731. The van der Waals surface area contributed by atoms with E-state index in [4.69, 9.17) is 9.84 Å². The van der Waals surface area contributed by atoms with E-state index in [1.165, 1.54) is 7.11 Å². The number of aliphatic carboxylic acids is 1. The van der Waals surface area contributed by atoms with Crippen LogP contribution in [-0.4, -0.2) is 29.6 Å². The van der Waals surface area contributed by atoms with Gasteiger partial charge in [0.2, 0.25) is 0 Å². The summed E-state index contributed by atoms with van der Waals surface area (Å²) in [6.45, 7) is 0. The van der Waals surface area contributed by atoms with Gasteiger partial charge in [-0.1, -0.05) is 15.9 Å². The van der Waals surface area contributed by atoms with Gasteiger partial charge in [-0.05, 0) is 37.5 Å². The van der Waals surface area contributed by atoms with Gasteiger partial charge >= 0.3 is 5.97 Å². The molecule has 1 aliphatic rings. The van der Waals surface area contributed by atoms with Crippen LogP contribution in [-0.2, 0) is 4.79 Å². The second-order valence-corrected chi connectivity index (χ2v) is 5.92. The number of amides is 1. The largest absolute Gasteiger partial charge is 0.496 e. The van der Waals surface area contributed by atoms with Gasteiger partial charge in [0.25, 0.3) is 5.91 Å². The van der Waals surface area contributed by atoms with Gasteiger partial charge in [0.1, 0.15) is 5.75 Å². The third-order valence-corrected chi connectivity index (χ3v) is 4.08. The molecule has 108 valence electrons. The number of benzene rings is 1. The van der Waals surface area contributed by atoms with Gasteiger partial charge in [0, 0.05) is 4.47 Å². The lowest BCUT2D eigenvalue weighted by Gasteiger charge is -2.41. The highest BCUT2D eigenvalue weighted by molar-refractivity contribution is 9.10. The van der Waals surface area contributed by atoms with Crippen LogP contribution in [0.2, 0.25) is 0 Å². The Balaban J connectivity index is 2.19. The molecule has 0 atom stereocenters. The van der Waals surface area contributed by atoms with Gasteiger partial charge in [-0.15, -0.1) is 0 Å². The standard InChI is InChI=1S/C14H16BrNO4/c1-20-11-4-3-9(15)7-10(11)13(19)16-14(5-2-6-14)8-12(17)18/h3-4,7H,2,5-6,8H2,1H3,(H,16,19)(H,17,18). The Morgan fingerprint density at radius 2 is 2.15 bits per heavy atom. The molecule has 1 aromatic rings. The van der Waals surface area contributed by atoms with Crippen LogP contribution < -0.4 is 10.1 Å². The van der Waals surface area contributed by atoms with E-state index in [2.05, 4.69) is 21.2 Å².